The summed E-state index contributed by atoms with van der Waals surface area (Å²) in [6, 6.07) is 20.7. The third-order valence-corrected chi connectivity index (χ3v) is 6.06. The van der Waals surface area contributed by atoms with E-state index in [-0.39, 0.29) is 17.3 Å². The molecule has 0 atom stereocenters. The van der Waals surface area contributed by atoms with E-state index in [9.17, 15) is 14.9 Å². The quantitative estimate of drug-likeness (QED) is 0.144. The summed E-state index contributed by atoms with van der Waals surface area (Å²) in [5.74, 6) is 1.27. The first-order chi connectivity index (χ1) is 18.0. The van der Waals surface area contributed by atoms with E-state index in [0.717, 1.165) is 17.4 Å². The lowest BCUT2D eigenvalue weighted by atomic mass is 10.2. The zero-order valence-electron chi connectivity index (χ0n) is 19.9. The number of rotatable bonds is 10. The van der Waals surface area contributed by atoms with Gasteiger partial charge in [-0.25, -0.2) is 5.43 Å². The Kier molecular flexibility index (Phi) is 8.11. The van der Waals surface area contributed by atoms with Gasteiger partial charge in [-0.15, -0.1) is 10.2 Å². The predicted octanol–water partition coefficient (Wildman–Crippen LogP) is 4.10. The van der Waals surface area contributed by atoms with Crippen molar-refractivity contribution < 1.29 is 19.2 Å². The second-order valence-electron chi connectivity index (χ2n) is 7.47. The first-order valence-electron chi connectivity index (χ1n) is 10.9. The van der Waals surface area contributed by atoms with E-state index in [0.29, 0.717) is 33.6 Å². The number of carbonyl (C=O) groups is 1. The summed E-state index contributed by atoms with van der Waals surface area (Å²) in [4.78, 5) is 23.3. The van der Waals surface area contributed by atoms with Gasteiger partial charge in [0.2, 0.25) is 0 Å². The van der Waals surface area contributed by atoms with E-state index in [1.165, 1.54) is 25.5 Å². The monoisotopic (exact) mass is 518 g/mol. The van der Waals surface area contributed by atoms with Crippen LogP contribution in [0.4, 0.5) is 5.69 Å². The lowest BCUT2D eigenvalue weighted by Gasteiger charge is -2.10. The average molecular weight is 519 g/mol. The fraction of sp³-hybridized carbons (Fsp3) is 0.120. The number of para-hydroxylation sites is 1. The Bertz CT molecular complexity index is 1440. The van der Waals surface area contributed by atoms with Gasteiger partial charge in [0.15, 0.2) is 11.0 Å². The zero-order chi connectivity index (χ0) is 26.2. The van der Waals surface area contributed by atoms with Crippen LogP contribution in [0.1, 0.15) is 5.56 Å². The molecule has 4 rings (SSSR count). The number of thioether (sulfide) groups is 1. The maximum Gasteiger partial charge on any atom is 0.270 e. The van der Waals surface area contributed by atoms with E-state index in [1.807, 2.05) is 30.3 Å². The molecule has 4 aromatic rings. The molecule has 0 aliphatic heterocycles. The third kappa shape index (κ3) is 6.11. The summed E-state index contributed by atoms with van der Waals surface area (Å²) in [6.07, 6.45) is 1.48. The molecule has 3 aromatic carbocycles. The summed E-state index contributed by atoms with van der Waals surface area (Å²) in [5.41, 5.74) is 4.38. The van der Waals surface area contributed by atoms with Crippen molar-refractivity contribution >= 4 is 29.6 Å². The number of nitrogens with one attached hydrogen (secondary N) is 1. The average Bonchev–Trinajstić information content (AvgIpc) is 3.36. The van der Waals surface area contributed by atoms with Crippen LogP contribution in [0, 0.1) is 10.1 Å². The van der Waals surface area contributed by atoms with Crippen molar-refractivity contribution in [2.75, 3.05) is 20.0 Å². The van der Waals surface area contributed by atoms with Crippen LogP contribution in [0.25, 0.3) is 17.1 Å². The molecule has 0 aliphatic rings. The standard InChI is InChI=1S/C25H22N6O5S/c1-35-21-12-11-18(22(14-21)36-2)15-26-27-23(32)16-37-25-29-28-24(30(25)19-8-4-3-5-9-19)17-7-6-10-20(13-17)31(33)34/h3-15H,16H2,1-2H3,(H,27,32). The Labute approximate surface area is 216 Å². The minimum Gasteiger partial charge on any atom is -0.497 e. The number of non-ortho nitro benzene ring substituents is 1. The molecule has 0 spiro atoms. The van der Waals surface area contributed by atoms with Gasteiger partial charge in [0.25, 0.3) is 11.6 Å². The van der Waals surface area contributed by atoms with Crippen molar-refractivity contribution in [1.29, 1.82) is 0 Å². The number of ether oxygens (including phenoxy) is 2. The van der Waals surface area contributed by atoms with Crippen molar-refractivity contribution in [1.82, 2.24) is 20.2 Å². The number of nitro benzene ring substituents is 1. The Morgan fingerprint density at radius 1 is 1.08 bits per heavy atom. The highest BCUT2D eigenvalue weighted by atomic mass is 32.2. The molecule has 0 aliphatic carbocycles. The third-order valence-electron chi connectivity index (χ3n) is 5.13. The SMILES string of the molecule is COc1ccc(C=NNC(=O)CSc2nnc(-c3cccc([N+](=O)[O-])c3)n2-c2ccccc2)c(OC)c1. The van der Waals surface area contributed by atoms with Crippen LogP contribution in [0.15, 0.2) is 83.1 Å². The number of amides is 1. The van der Waals surface area contributed by atoms with Gasteiger partial charge in [-0.05, 0) is 24.3 Å². The maximum absolute atomic E-state index is 12.5. The Hall–Kier alpha value is -4.71. The normalized spacial score (nSPS) is 10.9. The van der Waals surface area contributed by atoms with E-state index in [1.54, 1.807) is 42.0 Å². The highest BCUT2D eigenvalue weighted by molar-refractivity contribution is 7.99. The molecule has 188 valence electrons. The van der Waals surface area contributed by atoms with E-state index >= 15 is 0 Å². The molecule has 0 radical (unpaired) electrons. The van der Waals surface area contributed by atoms with Crippen molar-refractivity contribution in [2.45, 2.75) is 5.16 Å². The van der Waals surface area contributed by atoms with E-state index in [4.69, 9.17) is 9.47 Å². The number of hydrogen-bond donors (Lipinski definition) is 1. The fourth-order valence-electron chi connectivity index (χ4n) is 3.38. The molecule has 1 N–H and O–H groups in total. The van der Waals surface area contributed by atoms with Gasteiger partial charge in [0.05, 0.1) is 31.1 Å². The number of aromatic nitrogens is 3. The number of nitro groups is 1. The first kappa shape index (κ1) is 25.4. The number of nitrogens with zero attached hydrogens (tertiary/aromatic N) is 5. The molecule has 0 unspecified atom stereocenters. The predicted molar refractivity (Wildman–Crippen MR) is 139 cm³/mol. The largest absolute Gasteiger partial charge is 0.497 e. The first-order valence-corrected chi connectivity index (χ1v) is 11.9. The topological polar surface area (TPSA) is 134 Å². The van der Waals surface area contributed by atoms with Gasteiger partial charge in [0, 0.05) is 35.0 Å². The van der Waals surface area contributed by atoms with E-state index < -0.39 is 4.92 Å². The smallest absolute Gasteiger partial charge is 0.270 e. The summed E-state index contributed by atoms with van der Waals surface area (Å²) >= 11 is 1.16. The van der Waals surface area contributed by atoms with Crippen LogP contribution < -0.4 is 14.9 Å². The highest BCUT2D eigenvalue weighted by Crippen LogP contribution is 2.29. The van der Waals surface area contributed by atoms with E-state index in [2.05, 4.69) is 20.7 Å². The van der Waals surface area contributed by atoms with Gasteiger partial charge in [-0.2, -0.15) is 5.10 Å². The second kappa shape index (κ2) is 11.8. The van der Waals surface area contributed by atoms with Crippen LogP contribution in [0.3, 0.4) is 0 Å². The Balaban J connectivity index is 1.51. The molecule has 0 saturated carbocycles. The Morgan fingerprint density at radius 3 is 2.62 bits per heavy atom. The molecule has 0 fully saturated rings. The molecule has 37 heavy (non-hydrogen) atoms. The van der Waals surface area contributed by atoms with Gasteiger partial charge >= 0.3 is 0 Å². The fourth-order valence-corrected chi connectivity index (χ4v) is 4.12. The molecule has 0 saturated heterocycles. The van der Waals surface area contributed by atoms with Gasteiger partial charge in [-0.1, -0.05) is 42.1 Å². The minimum atomic E-state index is -0.464. The summed E-state index contributed by atoms with van der Waals surface area (Å²) in [5, 5.41) is 24.2. The van der Waals surface area contributed by atoms with Crippen LogP contribution in [0.5, 0.6) is 11.5 Å². The summed E-state index contributed by atoms with van der Waals surface area (Å²) in [6.45, 7) is 0. The number of carbonyl (C=O) groups excluding carboxylic acids is 1. The Morgan fingerprint density at radius 2 is 1.89 bits per heavy atom. The molecule has 12 heteroatoms. The lowest BCUT2D eigenvalue weighted by Crippen LogP contribution is -2.20. The molecule has 11 nitrogen and oxygen atoms in total. The lowest BCUT2D eigenvalue weighted by molar-refractivity contribution is -0.384. The number of hydrazone groups is 1. The summed E-state index contributed by atoms with van der Waals surface area (Å²) in [7, 11) is 3.10. The van der Waals surface area contributed by atoms with Crippen LogP contribution in [0.2, 0.25) is 0 Å². The van der Waals surface area contributed by atoms with Crippen molar-refractivity contribution in [3.8, 4) is 28.6 Å². The molecule has 1 aromatic heterocycles. The zero-order valence-corrected chi connectivity index (χ0v) is 20.7. The van der Waals surface area contributed by atoms with Crippen molar-refractivity contribution in [3.05, 3.63) is 88.5 Å². The summed E-state index contributed by atoms with van der Waals surface area (Å²) < 4.78 is 12.3. The second-order valence-corrected chi connectivity index (χ2v) is 8.42. The van der Waals surface area contributed by atoms with Crippen molar-refractivity contribution in [3.63, 3.8) is 0 Å². The van der Waals surface area contributed by atoms with Crippen LogP contribution in [-0.2, 0) is 4.79 Å². The molecular weight excluding hydrogens is 496 g/mol. The molecule has 0 bridgehead atoms. The molecule has 1 heterocycles. The van der Waals surface area contributed by atoms with Gasteiger partial charge < -0.3 is 9.47 Å². The molecular formula is C25H22N6O5S. The van der Waals surface area contributed by atoms with Crippen LogP contribution >= 0.6 is 11.8 Å². The van der Waals surface area contributed by atoms with Crippen molar-refractivity contribution in [2.24, 2.45) is 5.10 Å². The highest BCUT2D eigenvalue weighted by Gasteiger charge is 2.19. The molecule has 1 amide bonds. The van der Waals surface area contributed by atoms with Crippen LogP contribution in [-0.4, -0.2) is 51.8 Å². The number of benzene rings is 3. The number of methoxy groups -OCH3 is 2. The minimum absolute atomic E-state index is 0.0109. The number of hydrogen-bond acceptors (Lipinski definition) is 9. The maximum atomic E-state index is 12.5. The van der Waals surface area contributed by atoms with Gasteiger partial charge in [-0.3, -0.25) is 19.5 Å². The van der Waals surface area contributed by atoms with Gasteiger partial charge in [0.1, 0.15) is 11.5 Å².